The summed E-state index contributed by atoms with van der Waals surface area (Å²) < 4.78 is 1.15. The van der Waals surface area contributed by atoms with Crippen molar-refractivity contribution in [3.05, 3.63) is 59.1 Å². The molecule has 1 aromatic heterocycles. The van der Waals surface area contributed by atoms with Gasteiger partial charge in [-0.05, 0) is 37.6 Å². The zero-order valence-corrected chi connectivity index (χ0v) is 17.2. The van der Waals surface area contributed by atoms with Crippen LogP contribution in [0.4, 0.5) is 5.69 Å². The number of thiazole rings is 1. The Morgan fingerprint density at radius 2 is 1.89 bits per heavy atom. The third-order valence-electron chi connectivity index (χ3n) is 5.18. The van der Waals surface area contributed by atoms with Gasteiger partial charge in [-0.15, -0.1) is 11.3 Å². The maximum atomic E-state index is 12.9. The van der Waals surface area contributed by atoms with Gasteiger partial charge < -0.3 is 10.2 Å². The first-order valence-corrected chi connectivity index (χ1v) is 10.6. The first-order valence-electron chi connectivity index (χ1n) is 9.77. The molecular weight excluding hydrogens is 368 g/mol. The molecule has 1 atom stereocenters. The third kappa shape index (κ3) is 4.34. The van der Waals surface area contributed by atoms with Crippen molar-refractivity contribution in [2.24, 2.45) is 0 Å². The Bertz CT molecular complexity index is 948. The number of rotatable bonds is 5. The number of hydrogen-bond acceptors (Lipinski definition) is 5. The van der Waals surface area contributed by atoms with Gasteiger partial charge in [-0.3, -0.25) is 9.69 Å². The van der Waals surface area contributed by atoms with Crippen molar-refractivity contribution < 1.29 is 4.79 Å². The fourth-order valence-corrected chi connectivity index (χ4v) is 4.55. The van der Waals surface area contributed by atoms with E-state index in [0.29, 0.717) is 0 Å². The molecule has 2 heterocycles. The Kier molecular flexibility index (Phi) is 5.59. The van der Waals surface area contributed by atoms with E-state index in [0.717, 1.165) is 53.6 Å². The summed E-state index contributed by atoms with van der Waals surface area (Å²) >= 11 is 1.68. The van der Waals surface area contributed by atoms with Crippen molar-refractivity contribution in [1.29, 1.82) is 0 Å². The Morgan fingerprint density at radius 1 is 1.14 bits per heavy atom. The predicted molar refractivity (Wildman–Crippen MR) is 116 cm³/mol. The van der Waals surface area contributed by atoms with Crippen LogP contribution in [0.25, 0.3) is 10.2 Å². The van der Waals surface area contributed by atoms with Gasteiger partial charge >= 0.3 is 0 Å². The van der Waals surface area contributed by atoms with Gasteiger partial charge in [-0.2, -0.15) is 0 Å². The average Bonchev–Trinajstić information content (AvgIpc) is 3.08. The van der Waals surface area contributed by atoms with E-state index in [1.165, 1.54) is 5.56 Å². The van der Waals surface area contributed by atoms with Gasteiger partial charge in [0.05, 0.1) is 15.2 Å². The highest BCUT2D eigenvalue weighted by molar-refractivity contribution is 7.18. The van der Waals surface area contributed by atoms with E-state index in [1.54, 1.807) is 11.3 Å². The normalized spacial score (nSPS) is 16.3. The molecule has 1 fully saturated rings. The lowest BCUT2D eigenvalue weighted by Gasteiger charge is -2.36. The van der Waals surface area contributed by atoms with Crippen LogP contribution in [0.1, 0.15) is 17.5 Å². The second kappa shape index (κ2) is 8.29. The molecule has 1 aliphatic heterocycles. The van der Waals surface area contributed by atoms with Crippen LogP contribution in [0.3, 0.4) is 0 Å². The number of nitrogens with one attached hydrogen (secondary N) is 1. The van der Waals surface area contributed by atoms with Crippen LogP contribution in [0, 0.1) is 6.92 Å². The van der Waals surface area contributed by atoms with Crippen LogP contribution in [-0.4, -0.2) is 52.9 Å². The molecule has 146 valence electrons. The van der Waals surface area contributed by atoms with Crippen LogP contribution in [-0.2, 0) is 11.3 Å². The summed E-state index contributed by atoms with van der Waals surface area (Å²) in [6.07, 6.45) is 0. The summed E-state index contributed by atoms with van der Waals surface area (Å²) in [6.45, 7) is 8.31. The first kappa shape index (κ1) is 18.9. The molecule has 1 N–H and O–H groups in total. The summed E-state index contributed by atoms with van der Waals surface area (Å²) in [5, 5.41) is 4.43. The van der Waals surface area contributed by atoms with Crippen molar-refractivity contribution in [2.45, 2.75) is 26.4 Å². The molecule has 2 aromatic carbocycles. The summed E-state index contributed by atoms with van der Waals surface area (Å²) in [4.78, 5) is 21.8. The number of benzene rings is 2. The van der Waals surface area contributed by atoms with Gasteiger partial charge in [-0.25, -0.2) is 4.98 Å². The molecule has 1 amide bonds. The topological polar surface area (TPSA) is 48.5 Å². The molecule has 0 spiro atoms. The summed E-state index contributed by atoms with van der Waals surface area (Å²) in [6, 6.07) is 16.4. The molecule has 4 rings (SSSR count). The highest BCUT2D eigenvalue weighted by atomic mass is 32.1. The first-order chi connectivity index (χ1) is 13.6. The Labute approximate surface area is 170 Å². The maximum absolute atomic E-state index is 12.9. The zero-order chi connectivity index (χ0) is 19.5. The number of aryl methyl sites for hydroxylation is 1. The van der Waals surface area contributed by atoms with Gasteiger partial charge in [-0.1, -0.05) is 30.3 Å². The smallest absolute Gasteiger partial charge is 0.244 e. The monoisotopic (exact) mass is 394 g/mol. The van der Waals surface area contributed by atoms with Crippen LogP contribution in [0.2, 0.25) is 0 Å². The lowest BCUT2D eigenvalue weighted by atomic mass is 10.2. The predicted octanol–water partition coefficient (Wildman–Crippen LogP) is 3.75. The van der Waals surface area contributed by atoms with E-state index in [4.69, 9.17) is 0 Å². The van der Waals surface area contributed by atoms with E-state index in [-0.39, 0.29) is 11.9 Å². The SMILES string of the molecule is Cc1nc2ccc(NC(C)C(=O)N3CCN(Cc4ccccc4)CC3)cc2s1. The molecule has 1 aliphatic rings. The van der Waals surface area contributed by atoms with Gasteiger partial charge in [0.15, 0.2) is 0 Å². The molecule has 1 unspecified atom stereocenters. The molecule has 0 saturated carbocycles. The van der Waals surface area contributed by atoms with Crippen molar-refractivity contribution in [3.8, 4) is 0 Å². The van der Waals surface area contributed by atoms with Crippen molar-refractivity contribution in [2.75, 3.05) is 31.5 Å². The number of carbonyl (C=O) groups excluding carboxylic acids is 1. The number of aromatic nitrogens is 1. The number of anilines is 1. The second-order valence-electron chi connectivity index (χ2n) is 7.37. The number of carbonyl (C=O) groups is 1. The van der Waals surface area contributed by atoms with Crippen molar-refractivity contribution in [3.63, 3.8) is 0 Å². The minimum atomic E-state index is -0.243. The highest BCUT2D eigenvalue weighted by Crippen LogP contribution is 2.25. The lowest BCUT2D eigenvalue weighted by Crippen LogP contribution is -2.51. The molecule has 5 nitrogen and oxygen atoms in total. The van der Waals surface area contributed by atoms with Crippen molar-refractivity contribution in [1.82, 2.24) is 14.8 Å². The summed E-state index contributed by atoms with van der Waals surface area (Å²) in [5.41, 5.74) is 3.31. The van der Waals surface area contributed by atoms with E-state index in [1.807, 2.05) is 36.9 Å². The number of piperazine rings is 1. The standard InChI is InChI=1S/C22H26N4OS/c1-16(23-19-8-9-20-21(14-19)28-17(2)24-20)22(27)26-12-10-25(11-13-26)15-18-6-4-3-5-7-18/h3-9,14,16,23H,10-13,15H2,1-2H3. The Balaban J connectivity index is 1.31. The number of amides is 1. The molecule has 3 aromatic rings. The van der Waals surface area contributed by atoms with Gasteiger partial charge in [0.25, 0.3) is 0 Å². The van der Waals surface area contributed by atoms with E-state index >= 15 is 0 Å². The minimum absolute atomic E-state index is 0.167. The molecule has 28 heavy (non-hydrogen) atoms. The minimum Gasteiger partial charge on any atom is -0.374 e. The maximum Gasteiger partial charge on any atom is 0.244 e. The second-order valence-corrected chi connectivity index (χ2v) is 8.60. The number of nitrogens with zero attached hydrogens (tertiary/aromatic N) is 3. The third-order valence-corrected chi connectivity index (χ3v) is 6.12. The summed E-state index contributed by atoms with van der Waals surface area (Å²) in [7, 11) is 0. The summed E-state index contributed by atoms with van der Waals surface area (Å²) in [5.74, 6) is 0.167. The van der Waals surface area contributed by atoms with E-state index < -0.39 is 0 Å². The van der Waals surface area contributed by atoms with E-state index in [9.17, 15) is 4.79 Å². The quantitative estimate of drug-likeness (QED) is 0.716. The molecular formula is C22H26N4OS. The molecule has 1 saturated heterocycles. The largest absolute Gasteiger partial charge is 0.374 e. The van der Waals surface area contributed by atoms with Crippen LogP contribution < -0.4 is 5.32 Å². The van der Waals surface area contributed by atoms with Crippen LogP contribution in [0.5, 0.6) is 0 Å². The molecule has 0 aliphatic carbocycles. The fraction of sp³-hybridized carbons (Fsp3) is 0.364. The highest BCUT2D eigenvalue weighted by Gasteiger charge is 2.25. The van der Waals surface area contributed by atoms with E-state index in [2.05, 4.69) is 45.5 Å². The average molecular weight is 395 g/mol. The fourth-order valence-electron chi connectivity index (χ4n) is 3.68. The van der Waals surface area contributed by atoms with Crippen molar-refractivity contribution >= 4 is 33.1 Å². The van der Waals surface area contributed by atoms with Gasteiger partial charge in [0, 0.05) is 38.4 Å². The molecule has 0 radical (unpaired) electrons. The van der Waals surface area contributed by atoms with Gasteiger partial charge in [0.2, 0.25) is 5.91 Å². The molecule has 0 bridgehead atoms. The Hall–Kier alpha value is -2.44. The van der Waals surface area contributed by atoms with Crippen LogP contribution in [0.15, 0.2) is 48.5 Å². The lowest BCUT2D eigenvalue weighted by molar-refractivity contribution is -0.133. The van der Waals surface area contributed by atoms with Gasteiger partial charge in [0.1, 0.15) is 6.04 Å². The zero-order valence-electron chi connectivity index (χ0n) is 16.4. The number of fused-ring (bicyclic) bond motifs is 1. The molecule has 6 heteroatoms. The number of hydrogen-bond donors (Lipinski definition) is 1. The Morgan fingerprint density at radius 3 is 2.64 bits per heavy atom. The van der Waals surface area contributed by atoms with Crippen LogP contribution >= 0.6 is 11.3 Å².